The van der Waals surface area contributed by atoms with Crippen molar-refractivity contribution >= 4 is 43.1 Å². The van der Waals surface area contributed by atoms with Crippen LogP contribution in [0.25, 0.3) is 54.2 Å². The van der Waals surface area contributed by atoms with Crippen molar-refractivity contribution in [3.05, 3.63) is 96.6 Å². The monoisotopic (exact) mass is 384 g/mol. The molecule has 0 fully saturated rings. The van der Waals surface area contributed by atoms with Crippen molar-refractivity contribution in [2.45, 2.75) is 26.2 Å². The van der Waals surface area contributed by atoms with Gasteiger partial charge >= 0.3 is 0 Å². The maximum absolute atomic E-state index is 2.39. The van der Waals surface area contributed by atoms with E-state index in [2.05, 4.69) is 112 Å². The Morgan fingerprint density at radius 3 is 1.93 bits per heavy atom. The zero-order valence-corrected chi connectivity index (χ0v) is 17.7. The second-order valence-corrected chi connectivity index (χ2v) is 9.46. The van der Waals surface area contributed by atoms with E-state index in [9.17, 15) is 0 Å². The van der Waals surface area contributed by atoms with Gasteiger partial charge in [-0.05, 0) is 71.3 Å². The second kappa shape index (κ2) is 6.06. The third kappa shape index (κ3) is 2.47. The Kier molecular flexibility index (Phi) is 3.53. The Hall–Kier alpha value is -3.38. The molecule has 0 N–H and O–H groups in total. The standard InChI is InChI=1S/C30H24/c1-30(2,3)23-15-16-24-21(17-23)9-6-11-25(24)27-18-22-10-4-7-19-13-14-20-8-5-12-26(27)29(20)28(19)22/h4-18H,1-3H3. The van der Waals surface area contributed by atoms with Gasteiger partial charge in [0.2, 0.25) is 0 Å². The first kappa shape index (κ1) is 17.5. The Labute approximate surface area is 177 Å². The SMILES string of the molecule is CC(C)(C)c1ccc2c(-c3cc4cccc5ccc6cccc3c6c54)cccc2c1. The number of fused-ring (bicyclic) bond motifs is 1. The summed E-state index contributed by atoms with van der Waals surface area (Å²) >= 11 is 0. The van der Waals surface area contributed by atoms with Gasteiger partial charge in [-0.25, -0.2) is 0 Å². The van der Waals surface area contributed by atoms with Crippen molar-refractivity contribution in [2.24, 2.45) is 0 Å². The van der Waals surface area contributed by atoms with Crippen molar-refractivity contribution in [1.29, 1.82) is 0 Å². The molecule has 0 bridgehead atoms. The molecule has 0 radical (unpaired) electrons. The van der Waals surface area contributed by atoms with Crippen molar-refractivity contribution in [3.8, 4) is 11.1 Å². The van der Waals surface area contributed by atoms with Crippen LogP contribution in [0.1, 0.15) is 26.3 Å². The Morgan fingerprint density at radius 2 is 1.13 bits per heavy atom. The van der Waals surface area contributed by atoms with Crippen LogP contribution < -0.4 is 0 Å². The van der Waals surface area contributed by atoms with Gasteiger partial charge < -0.3 is 0 Å². The van der Waals surface area contributed by atoms with E-state index in [1.807, 2.05) is 0 Å². The summed E-state index contributed by atoms with van der Waals surface area (Å²) in [6.07, 6.45) is 0. The van der Waals surface area contributed by atoms with Crippen molar-refractivity contribution < 1.29 is 0 Å². The molecule has 0 aromatic heterocycles. The van der Waals surface area contributed by atoms with E-state index < -0.39 is 0 Å². The summed E-state index contributed by atoms with van der Waals surface area (Å²) in [4.78, 5) is 0. The lowest BCUT2D eigenvalue weighted by Gasteiger charge is -2.20. The van der Waals surface area contributed by atoms with Crippen LogP contribution >= 0.6 is 0 Å². The summed E-state index contributed by atoms with van der Waals surface area (Å²) in [5.41, 5.74) is 4.16. The van der Waals surface area contributed by atoms with Crippen LogP contribution in [0, 0.1) is 0 Å². The molecule has 0 unspecified atom stereocenters. The average molecular weight is 385 g/mol. The van der Waals surface area contributed by atoms with E-state index in [-0.39, 0.29) is 5.41 Å². The fourth-order valence-electron chi connectivity index (χ4n) is 4.97. The summed E-state index contributed by atoms with van der Waals surface area (Å²) in [5.74, 6) is 0. The van der Waals surface area contributed by atoms with Crippen molar-refractivity contribution in [1.82, 2.24) is 0 Å². The lowest BCUT2D eigenvalue weighted by molar-refractivity contribution is 0.591. The maximum atomic E-state index is 2.39. The van der Waals surface area contributed by atoms with Gasteiger partial charge in [0.15, 0.2) is 0 Å². The molecule has 6 aromatic rings. The molecule has 0 heterocycles. The smallest absolute Gasteiger partial charge is 0.00206 e. The summed E-state index contributed by atoms with van der Waals surface area (Å²) in [6.45, 7) is 6.83. The molecule has 0 saturated heterocycles. The Morgan fingerprint density at radius 1 is 0.467 bits per heavy atom. The predicted octanol–water partition coefficient (Wildman–Crippen LogP) is 8.70. The van der Waals surface area contributed by atoms with Crippen LogP contribution in [0.15, 0.2) is 91.0 Å². The number of rotatable bonds is 1. The molecule has 6 aromatic carbocycles. The average Bonchev–Trinajstić information content (AvgIpc) is 2.76. The third-order valence-electron chi connectivity index (χ3n) is 6.54. The molecule has 0 heteroatoms. The van der Waals surface area contributed by atoms with Crippen LogP contribution in [0.5, 0.6) is 0 Å². The van der Waals surface area contributed by atoms with Crippen LogP contribution in [0.2, 0.25) is 0 Å². The highest BCUT2D eigenvalue weighted by Gasteiger charge is 2.17. The molecular formula is C30H24. The second-order valence-electron chi connectivity index (χ2n) is 9.46. The van der Waals surface area contributed by atoms with Crippen LogP contribution in [0.4, 0.5) is 0 Å². The fraction of sp³-hybridized carbons (Fsp3) is 0.133. The van der Waals surface area contributed by atoms with E-state index in [1.54, 1.807) is 0 Å². The van der Waals surface area contributed by atoms with E-state index >= 15 is 0 Å². The molecule has 0 aliphatic heterocycles. The van der Waals surface area contributed by atoms with E-state index in [4.69, 9.17) is 0 Å². The van der Waals surface area contributed by atoms with E-state index in [0.717, 1.165) is 0 Å². The molecule has 144 valence electrons. The van der Waals surface area contributed by atoms with Crippen LogP contribution in [0.3, 0.4) is 0 Å². The fourth-order valence-corrected chi connectivity index (χ4v) is 4.97. The Balaban J connectivity index is 1.74. The van der Waals surface area contributed by atoms with Gasteiger partial charge in [-0.1, -0.05) is 106 Å². The highest BCUT2D eigenvalue weighted by atomic mass is 14.2. The first-order valence-electron chi connectivity index (χ1n) is 10.7. The maximum Gasteiger partial charge on any atom is -0.00206 e. The normalized spacial score (nSPS) is 12.5. The van der Waals surface area contributed by atoms with Gasteiger partial charge in [0.05, 0.1) is 0 Å². The highest BCUT2D eigenvalue weighted by Crippen LogP contribution is 2.42. The van der Waals surface area contributed by atoms with Crippen LogP contribution in [-0.2, 0) is 5.41 Å². The topological polar surface area (TPSA) is 0 Å². The first-order chi connectivity index (χ1) is 14.5. The summed E-state index contributed by atoms with van der Waals surface area (Å²) in [5, 5.41) is 10.7. The minimum absolute atomic E-state index is 0.147. The van der Waals surface area contributed by atoms with Crippen molar-refractivity contribution in [3.63, 3.8) is 0 Å². The zero-order chi connectivity index (χ0) is 20.5. The molecule has 0 spiro atoms. The largest absolute Gasteiger partial charge is 0.0610 e. The zero-order valence-electron chi connectivity index (χ0n) is 17.7. The van der Waals surface area contributed by atoms with Gasteiger partial charge in [-0.3, -0.25) is 0 Å². The number of benzene rings is 6. The lowest BCUT2D eigenvalue weighted by Crippen LogP contribution is -2.10. The highest BCUT2D eigenvalue weighted by molar-refractivity contribution is 6.27. The quantitative estimate of drug-likeness (QED) is 0.249. The molecule has 0 amide bonds. The van der Waals surface area contributed by atoms with E-state index in [1.165, 1.54) is 59.8 Å². The number of hydrogen-bond acceptors (Lipinski definition) is 0. The van der Waals surface area contributed by atoms with Gasteiger partial charge in [0, 0.05) is 0 Å². The summed E-state index contributed by atoms with van der Waals surface area (Å²) in [6, 6.07) is 33.9. The third-order valence-corrected chi connectivity index (χ3v) is 6.54. The van der Waals surface area contributed by atoms with Crippen molar-refractivity contribution in [2.75, 3.05) is 0 Å². The van der Waals surface area contributed by atoms with Gasteiger partial charge in [-0.15, -0.1) is 0 Å². The molecule has 0 aliphatic carbocycles. The molecule has 0 aliphatic rings. The Bertz CT molecular complexity index is 1560. The molecule has 0 saturated carbocycles. The van der Waals surface area contributed by atoms with E-state index in [0.29, 0.717) is 0 Å². The predicted molar refractivity (Wildman–Crippen MR) is 132 cm³/mol. The van der Waals surface area contributed by atoms with Gasteiger partial charge in [0.1, 0.15) is 0 Å². The minimum Gasteiger partial charge on any atom is -0.0610 e. The van der Waals surface area contributed by atoms with Crippen LogP contribution in [-0.4, -0.2) is 0 Å². The molecular weight excluding hydrogens is 360 g/mol. The van der Waals surface area contributed by atoms with Gasteiger partial charge in [-0.2, -0.15) is 0 Å². The summed E-state index contributed by atoms with van der Waals surface area (Å²) in [7, 11) is 0. The molecule has 0 atom stereocenters. The molecule has 6 rings (SSSR count). The summed E-state index contributed by atoms with van der Waals surface area (Å²) < 4.78 is 0. The molecule has 0 nitrogen and oxygen atoms in total. The first-order valence-corrected chi connectivity index (χ1v) is 10.7. The lowest BCUT2D eigenvalue weighted by atomic mass is 9.84. The number of hydrogen-bond donors (Lipinski definition) is 0. The minimum atomic E-state index is 0.147. The van der Waals surface area contributed by atoms with Gasteiger partial charge in [0.25, 0.3) is 0 Å². The molecule has 30 heavy (non-hydrogen) atoms.